The van der Waals surface area contributed by atoms with Gasteiger partial charge in [0, 0.05) is 25.2 Å². The number of carbonyl (C=O) groups is 1. The van der Waals surface area contributed by atoms with E-state index in [1.807, 2.05) is 0 Å². The van der Waals surface area contributed by atoms with Crippen LogP contribution in [0, 0.1) is 10.1 Å². The molecule has 1 aromatic rings. The molecule has 0 aliphatic carbocycles. The second kappa shape index (κ2) is 6.77. The minimum absolute atomic E-state index is 0.0546. The van der Waals surface area contributed by atoms with E-state index in [0.717, 1.165) is 6.07 Å². The lowest BCUT2D eigenvalue weighted by Gasteiger charge is -2.34. The zero-order valence-corrected chi connectivity index (χ0v) is 14.7. The second-order valence-electron chi connectivity index (χ2n) is 5.81. The van der Waals surface area contributed by atoms with E-state index in [0.29, 0.717) is 26.0 Å². The lowest BCUT2D eigenvalue weighted by Crippen LogP contribution is -2.47. The molecule has 0 atom stereocenters. The predicted octanol–water partition coefficient (Wildman–Crippen LogP) is 1.85. The Bertz CT molecular complexity index is 807. The summed E-state index contributed by atoms with van der Waals surface area (Å²) in [6.45, 7) is 1.33. The van der Waals surface area contributed by atoms with Crippen LogP contribution in [0.5, 0.6) is 0 Å². The molecular formula is C14H16ClN3O6S. The summed E-state index contributed by atoms with van der Waals surface area (Å²) >= 11 is 5.73. The van der Waals surface area contributed by atoms with Gasteiger partial charge in [-0.3, -0.25) is 10.1 Å². The van der Waals surface area contributed by atoms with Crippen molar-refractivity contribution < 1.29 is 22.9 Å². The van der Waals surface area contributed by atoms with Gasteiger partial charge in [0.2, 0.25) is 10.0 Å². The van der Waals surface area contributed by atoms with Gasteiger partial charge < -0.3 is 9.64 Å². The molecule has 25 heavy (non-hydrogen) atoms. The summed E-state index contributed by atoms with van der Waals surface area (Å²) in [5, 5.41) is 10.8. The van der Waals surface area contributed by atoms with Crippen molar-refractivity contribution in [1.82, 2.24) is 9.21 Å². The van der Waals surface area contributed by atoms with E-state index in [9.17, 15) is 23.3 Å². The van der Waals surface area contributed by atoms with E-state index in [1.54, 1.807) is 4.90 Å². The van der Waals surface area contributed by atoms with Gasteiger partial charge in [0.1, 0.15) is 11.6 Å². The largest absolute Gasteiger partial charge is 0.448 e. The lowest BCUT2D eigenvalue weighted by atomic mass is 10.1. The maximum Gasteiger partial charge on any atom is 0.410 e. The number of halogens is 1. The zero-order chi connectivity index (χ0) is 18.2. The molecule has 2 fully saturated rings. The molecule has 3 rings (SSSR count). The molecule has 1 amide bonds. The van der Waals surface area contributed by atoms with Crippen LogP contribution in [0.1, 0.15) is 12.8 Å². The van der Waals surface area contributed by atoms with Gasteiger partial charge in [0.25, 0.3) is 5.69 Å². The first-order valence-electron chi connectivity index (χ1n) is 7.68. The van der Waals surface area contributed by atoms with Crippen LogP contribution in [0.2, 0.25) is 5.02 Å². The number of benzene rings is 1. The number of nitrogens with zero attached hydrogens (tertiary/aromatic N) is 3. The number of nitro benzene ring substituents is 1. The maximum atomic E-state index is 12.7. The summed E-state index contributed by atoms with van der Waals surface area (Å²) in [6, 6.07) is 3.39. The summed E-state index contributed by atoms with van der Waals surface area (Å²) in [6.07, 6.45) is 0.614. The van der Waals surface area contributed by atoms with Crippen LogP contribution in [0.15, 0.2) is 23.1 Å². The van der Waals surface area contributed by atoms with Gasteiger partial charge >= 0.3 is 6.09 Å². The lowest BCUT2D eigenvalue weighted by molar-refractivity contribution is -0.384. The van der Waals surface area contributed by atoms with Gasteiger partial charge in [0.15, 0.2) is 0 Å². The number of nitro groups is 1. The summed E-state index contributed by atoms with van der Waals surface area (Å²) in [4.78, 5) is 23.3. The van der Waals surface area contributed by atoms with Crippen LogP contribution in [-0.2, 0) is 14.8 Å². The SMILES string of the molecule is O=C1OCCN1C1CCN(S(=O)(=O)c2ccc(Cl)c([N+](=O)[O-])c2)CC1. The molecule has 0 radical (unpaired) electrons. The Morgan fingerprint density at radius 2 is 1.92 bits per heavy atom. The van der Waals surface area contributed by atoms with Gasteiger partial charge in [-0.1, -0.05) is 11.6 Å². The standard InChI is InChI=1S/C14H16ClN3O6S/c15-12-2-1-11(9-13(12)18(20)21)25(22,23)16-5-3-10(4-6-16)17-7-8-24-14(17)19/h1-2,9-10H,3-8H2. The highest BCUT2D eigenvalue weighted by Crippen LogP contribution is 2.30. The monoisotopic (exact) mass is 389 g/mol. The van der Waals surface area contributed by atoms with E-state index in [1.165, 1.54) is 16.4 Å². The highest BCUT2D eigenvalue weighted by atomic mass is 35.5. The Morgan fingerprint density at radius 3 is 2.48 bits per heavy atom. The predicted molar refractivity (Wildman–Crippen MR) is 87.9 cm³/mol. The molecule has 0 unspecified atom stereocenters. The number of ether oxygens (including phenoxy) is 1. The van der Waals surface area contributed by atoms with Gasteiger partial charge in [-0.25, -0.2) is 13.2 Å². The number of hydrogen-bond acceptors (Lipinski definition) is 6. The first kappa shape index (κ1) is 17.9. The molecule has 0 spiro atoms. The quantitative estimate of drug-likeness (QED) is 0.574. The van der Waals surface area contributed by atoms with Gasteiger partial charge in [0.05, 0.1) is 16.4 Å². The molecule has 0 bridgehead atoms. The Labute approximate surface area is 149 Å². The molecule has 0 N–H and O–H groups in total. The van der Waals surface area contributed by atoms with E-state index >= 15 is 0 Å². The van der Waals surface area contributed by atoms with E-state index in [-0.39, 0.29) is 35.1 Å². The first-order chi connectivity index (χ1) is 11.8. The van der Waals surface area contributed by atoms with Crippen LogP contribution in [-0.4, -0.2) is 60.9 Å². The summed E-state index contributed by atoms with van der Waals surface area (Å²) in [5.41, 5.74) is -0.447. The molecule has 2 aliphatic heterocycles. The van der Waals surface area contributed by atoms with E-state index < -0.39 is 20.6 Å². The highest BCUT2D eigenvalue weighted by molar-refractivity contribution is 7.89. The number of piperidine rings is 1. The van der Waals surface area contributed by atoms with Crippen LogP contribution < -0.4 is 0 Å². The van der Waals surface area contributed by atoms with Crippen LogP contribution in [0.25, 0.3) is 0 Å². The fraction of sp³-hybridized carbons (Fsp3) is 0.500. The third-order valence-corrected chi connectivity index (χ3v) is 6.62. The van der Waals surface area contributed by atoms with E-state index in [2.05, 4.69) is 0 Å². The average Bonchev–Trinajstić information content (AvgIpc) is 3.01. The van der Waals surface area contributed by atoms with Crippen molar-refractivity contribution in [3.05, 3.63) is 33.3 Å². The van der Waals surface area contributed by atoms with Crippen molar-refractivity contribution in [3.63, 3.8) is 0 Å². The summed E-state index contributed by atoms with van der Waals surface area (Å²) in [5.74, 6) is 0. The molecule has 0 saturated carbocycles. The molecule has 9 nitrogen and oxygen atoms in total. The van der Waals surface area contributed by atoms with Crippen molar-refractivity contribution in [2.45, 2.75) is 23.8 Å². The Balaban J connectivity index is 1.75. The summed E-state index contributed by atoms with van der Waals surface area (Å²) in [7, 11) is -3.86. The van der Waals surface area contributed by atoms with Crippen LogP contribution in [0.4, 0.5) is 10.5 Å². The van der Waals surface area contributed by atoms with Crippen molar-refractivity contribution in [2.24, 2.45) is 0 Å². The molecule has 136 valence electrons. The van der Waals surface area contributed by atoms with Gasteiger partial charge in [-0.05, 0) is 25.0 Å². The van der Waals surface area contributed by atoms with E-state index in [4.69, 9.17) is 16.3 Å². The zero-order valence-electron chi connectivity index (χ0n) is 13.1. The van der Waals surface area contributed by atoms with Crippen LogP contribution in [0.3, 0.4) is 0 Å². The molecule has 1 aromatic carbocycles. The topological polar surface area (TPSA) is 110 Å². The summed E-state index contributed by atoms with van der Waals surface area (Å²) < 4.78 is 31.6. The number of hydrogen-bond donors (Lipinski definition) is 0. The number of carbonyl (C=O) groups excluding carboxylic acids is 1. The smallest absolute Gasteiger partial charge is 0.410 e. The molecule has 2 heterocycles. The van der Waals surface area contributed by atoms with Crippen LogP contribution >= 0.6 is 11.6 Å². The average molecular weight is 390 g/mol. The number of sulfonamides is 1. The number of amides is 1. The molecule has 0 aromatic heterocycles. The Morgan fingerprint density at radius 1 is 1.24 bits per heavy atom. The van der Waals surface area contributed by atoms with Crippen molar-refractivity contribution in [3.8, 4) is 0 Å². The molecule has 2 saturated heterocycles. The second-order valence-corrected chi connectivity index (χ2v) is 8.16. The normalized spacial score (nSPS) is 19.9. The Kier molecular flexibility index (Phi) is 4.85. The van der Waals surface area contributed by atoms with Crippen molar-refractivity contribution in [1.29, 1.82) is 0 Å². The van der Waals surface area contributed by atoms with Gasteiger partial charge in [-0.15, -0.1) is 0 Å². The van der Waals surface area contributed by atoms with Crippen molar-refractivity contribution >= 4 is 33.4 Å². The molecule has 2 aliphatic rings. The minimum Gasteiger partial charge on any atom is -0.448 e. The third-order valence-electron chi connectivity index (χ3n) is 4.41. The minimum atomic E-state index is -3.86. The Hall–Kier alpha value is -1.91. The maximum absolute atomic E-state index is 12.7. The molecular weight excluding hydrogens is 374 g/mol. The number of rotatable bonds is 4. The van der Waals surface area contributed by atoms with Gasteiger partial charge in [-0.2, -0.15) is 4.31 Å². The molecule has 11 heteroatoms. The fourth-order valence-corrected chi connectivity index (χ4v) is 4.75. The third kappa shape index (κ3) is 3.42. The number of cyclic esters (lactones) is 1. The fourth-order valence-electron chi connectivity index (χ4n) is 3.07. The van der Waals surface area contributed by atoms with Crippen molar-refractivity contribution in [2.75, 3.05) is 26.2 Å². The highest BCUT2D eigenvalue weighted by Gasteiger charge is 2.36. The first-order valence-corrected chi connectivity index (χ1v) is 9.50.